The molecule has 144 valence electrons. The SMILES string of the molecule is Cc1c(C(=O)N2CCN(c3ccccc3)CC2)oc2c1C(O)CC(C)(C)C2. The lowest BCUT2D eigenvalue weighted by atomic mass is 9.75. The number of anilines is 1. The number of carbonyl (C=O) groups is 1. The molecule has 1 aromatic heterocycles. The summed E-state index contributed by atoms with van der Waals surface area (Å²) in [5.41, 5.74) is 2.82. The standard InChI is InChI=1S/C22H28N2O3/c1-15-19-17(25)13-22(2,3)14-18(19)27-20(15)21(26)24-11-9-23(10-12-24)16-7-5-4-6-8-16/h4-8,17,25H,9-14H2,1-3H3. The van der Waals surface area contributed by atoms with Crippen LogP contribution in [0.2, 0.25) is 0 Å². The van der Waals surface area contributed by atoms with Gasteiger partial charge in [0.25, 0.3) is 5.91 Å². The van der Waals surface area contributed by atoms with Gasteiger partial charge in [0, 0.05) is 49.4 Å². The summed E-state index contributed by atoms with van der Waals surface area (Å²) < 4.78 is 6.00. The number of furan rings is 1. The molecule has 1 aliphatic heterocycles. The van der Waals surface area contributed by atoms with E-state index in [1.165, 1.54) is 5.69 Å². The van der Waals surface area contributed by atoms with Crippen LogP contribution in [0.3, 0.4) is 0 Å². The van der Waals surface area contributed by atoms with Crippen molar-refractivity contribution in [3.63, 3.8) is 0 Å². The van der Waals surface area contributed by atoms with Crippen LogP contribution in [0, 0.1) is 12.3 Å². The number of para-hydroxylation sites is 1. The molecule has 1 amide bonds. The molecule has 1 fully saturated rings. The number of carbonyl (C=O) groups excluding carboxylic acids is 1. The Bertz CT molecular complexity index is 833. The molecule has 0 radical (unpaired) electrons. The Morgan fingerprint density at radius 1 is 1.15 bits per heavy atom. The number of aliphatic hydroxyl groups is 1. The monoisotopic (exact) mass is 368 g/mol. The van der Waals surface area contributed by atoms with Gasteiger partial charge in [-0.2, -0.15) is 0 Å². The fourth-order valence-electron chi connectivity index (χ4n) is 4.44. The van der Waals surface area contributed by atoms with E-state index in [0.717, 1.165) is 36.4 Å². The van der Waals surface area contributed by atoms with Crippen molar-refractivity contribution in [2.24, 2.45) is 5.41 Å². The predicted octanol–water partition coefficient (Wildman–Crippen LogP) is 3.56. The van der Waals surface area contributed by atoms with Crippen LogP contribution in [0.5, 0.6) is 0 Å². The average molecular weight is 368 g/mol. The van der Waals surface area contributed by atoms with E-state index in [9.17, 15) is 9.90 Å². The minimum Gasteiger partial charge on any atom is -0.455 e. The molecule has 0 bridgehead atoms. The fourth-order valence-corrected chi connectivity index (χ4v) is 4.44. The smallest absolute Gasteiger partial charge is 0.289 e. The molecule has 1 saturated heterocycles. The number of piperazine rings is 1. The molecule has 1 unspecified atom stereocenters. The Kier molecular flexibility index (Phi) is 4.50. The topological polar surface area (TPSA) is 56.9 Å². The maximum Gasteiger partial charge on any atom is 0.289 e. The minimum absolute atomic E-state index is 0.0155. The number of nitrogens with zero attached hydrogens (tertiary/aromatic N) is 2. The highest BCUT2D eigenvalue weighted by Gasteiger charge is 2.38. The van der Waals surface area contributed by atoms with Gasteiger partial charge in [-0.3, -0.25) is 4.79 Å². The summed E-state index contributed by atoms with van der Waals surface area (Å²) in [6.45, 7) is 9.12. The Hall–Kier alpha value is -2.27. The number of aliphatic hydroxyl groups excluding tert-OH is 1. The van der Waals surface area contributed by atoms with E-state index in [1.807, 2.05) is 30.0 Å². The second-order valence-corrected chi connectivity index (χ2v) is 8.57. The third-order valence-electron chi connectivity index (χ3n) is 5.87. The molecule has 5 heteroatoms. The van der Waals surface area contributed by atoms with Gasteiger partial charge in [0.05, 0.1) is 6.10 Å². The van der Waals surface area contributed by atoms with Crippen molar-refractivity contribution in [1.82, 2.24) is 4.90 Å². The van der Waals surface area contributed by atoms with Crippen LogP contribution in [-0.2, 0) is 6.42 Å². The number of hydrogen-bond acceptors (Lipinski definition) is 4. The molecule has 2 aliphatic rings. The number of hydrogen-bond donors (Lipinski definition) is 1. The first-order chi connectivity index (χ1) is 12.9. The Morgan fingerprint density at radius 3 is 2.48 bits per heavy atom. The normalized spacial score (nSPS) is 21.9. The zero-order valence-corrected chi connectivity index (χ0v) is 16.4. The van der Waals surface area contributed by atoms with E-state index in [-0.39, 0.29) is 11.3 Å². The van der Waals surface area contributed by atoms with Crippen LogP contribution in [-0.4, -0.2) is 42.1 Å². The van der Waals surface area contributed by atoms with Crippen molar-refractivity contribution in [3.05, 3.63) is 53.0 Å². The quantitative estimate of drug-likeness (QED) is 0.881. The number of fused-ring (bicyclic) bond motifs is 1. The van der Waals surface area contributed by atoms with Crippen molar-refractivity contribution < 1.29 is 14.3 Å². The van der Waals surface area contributed by atoms with Gasteiger partial charge < -0.3 is 19.3 Å². The summed E-state index contributed by atoms with van der Waals surface area (Å²) in [4.78, 5) is 17.3. The highest BCUT2D eigenvalue weighted by molar-refractivity contribution is 5.93. The lowest BCUT2D eigenvalue weighted by molar-refractivity contribution is 0.0704. The van der Waals surface area contributed by atoms with Crippen LogP contribution >= 0.6 is 0 Å². The van der Waals surface area contributed by atoms with Crippen LogP contribution in [0.25, 0.3) is 0 Å². The summed E-state index contributed by atoms with van der Waals surface area (Å²) in [7, 11) is 0. The molecule has 1 aromatic carbocycles. The van der Waals surface area contributed by atoms with Crippen LogP contribution in [0.15, 0.2) is 34.7 Å². The minimum atomic E-state index is -0.552. The van der Waals surface area contributed by atoms with E-state index >= 15 is 0 Å². The molecule has 0 spiro atoms. The van der Waals surface area contributed by atoms with Crippen molar-refractivity contribution in [1.29, 1.82) is 0 Å². The molecule has 0 saturated carbocycles. The summed E-state index contributed by atoms with van der Waals surface area (Å²) in [6, 6.07) is 10.3. The molecule has 1 atom stereocenters. The third kappa shape index (κ3) is 3.36. The lowest BCUT2D eigenvalue weighted by Crippen LogP contribution is -2.48. The molecule has 2 aromatic rings. The molecule has 1 N–H and O–H groups in total. The largest absolute Gasteiger partial charge is 0.455 e. The van der Waals surface area contributed by atoms with Gasteiger partial charge in [-0.25, -0.2) is 0 Å². The third-order valence-corrected chi connectivity index (χ3v) is 5.87. The summed E-state index contributed by atoms with van der Waals surface area (Å²) >= 11 is 0. The number of rotatable bonds is 2. The van der Waals surface area contributed by atoms with Crippen molar-refractivity contribution in [2.75, 3.05) is 31.1 Å². The molecule has 2 heterocycles. The molecular weight excluding hydrogens is 340 g/mol. The molecule has 4 rings (SSSR count). The average Bonchev–Trinajstić information content (AvgIpc) is 2.97. The zero-order valence-electron chi connectivity index (χ0n) is 16.4. The van der Waals surface area contributed by atoms with E-state index in [4.69, 9.17) is 4.42 Å². The summed E-state index contributed by atoms with van der Waals surface area (Å²) in [6.07, 6.45) is 0.906. The summed E-state index contributed by atoms with van der Waals surface area (Å²) in [5.74, 6) is 1.13. The highest BCUT2D eigenvalue weighted by atomic mass is 16.4. The van der Waals surface area contributed by atoms with Crippen molar-refractivity contribution in [2.45, 2.75) is 39.7 Å². The number of benzene rings is 1. The van der Waals surface area contributed by atoms with Gasteiger partial charge in [-0.05, 0) is 30.9 Å². The van der Waals surface area contributed by atoms with Gasteiger partial charge in [0.15, 0.2) is 5.76 Å². The summed E-state index contributed by atoms with van der Waals surface area (Å²) in [5, 5.41) is 10.6. The maximum absolute atomic E-state index is 13.1. The predicted molar refractivity (Wildman–Crippen MR) is 105 cm³/mol. The van der Waals surface area contributed by atoms with Gasteiger partial charge in [0.2, 0.25) is 0 Å². The lowest BCUT2D eigenvalue weighted by Gasteiger charge is -2.35. The molecular formula is C22H28N2O3. The molecule has 5 nitrogen and oxygen atoms in total. The Labute approximate surface area is 160 Å². The second kappa shape index (κ2) is 6.71. The van der Waals surface area contributed by atoms with Crippen molar-refractivity contribution in [3.8, 4) is 0 Å². The second-order valence-electron chi connectivity index (χ2n) is 8.57. The Balaban J connectivity index is 1.50. The van der Waals surface area contributed by atoms with Gasteiger partial charge in [0.1, 0.15) is 5.76 Å². The molecule has 27 heavy (non-hydrogen) atoms. The Morgan fingerprint density at radius 2 is 1.81 bits per heavy atom. The van der Waals surface area contributed by atoms with Gasteiger partial charge in [-0.15, -0.1) is 0 Å². The van der Waals surface area contributed by atoms with E-state index in [1.54, 1.807) is 0 Å². The fraction of sp³-hybridized carbons (Fsp3) is 0.500. The van der Waals surface area contributed by atoms with Crippen LogP contribution < -0.4 is 4.90 Å². The highest BCUT2D eigenvalue weighted by Crippen LogP contribution is 2.44. The van der Waals surface area contributed by atoms with Gasteiger partial charge >= 0.3 is 0 Å². The first-order valence-electron chi connectivity index (χ1n) is 9.75. The molecule has 1 aliphatic carbocycles. The van der Waals surface area contributed by atoms with Crippen molar-refractivity contribution >= 4 is 11.6 Å². The zero-order chi connectivity index (χ0) is 19.2. The van der Waals surface area contributed by atoms with E-state index in [0.29, 0.717) is 25.3 Å². The van der Waals surface area contributed by atoms with Gasteiger partial charge in [-0.1, -0.05) is 32.0 Å². The maximum atomic E-state index is 13.1. The first-order valence-corrected chi connectivity index (χ1v) is 9.75. The van der Waals surface area contributed by atoms with E-state index < -0.39 is 6.10 Å². The number of amides is 1. The first kappa shape index (κ1) is 18.1. The van der Waals surface area contributed by atoms with Crippen LogP contribution in [0.4, 0.5) is 5.69 Å². The van der Waals surface area contributed by atoms with Crippen LogP contribution in [0.1, 0.15) is 53.8 Å². The van der Waals surface area contributed by atoms with E-state index in [2.05, 4.69) is 30.9 Å².